The van der Waals surface area contributed by atoms with E-state index in [1.807, 2.05) is 12.1 Å². The van der Waals surface area contributed by atoms with Crippen LogP contribution in [0, 0.1) is 23.1 Å². The summed E-state index contributed by atoms with van der Waals surface area (Å²) in [5, 5.41) is 28.5. The quantitative estimate of drug-likeness (QED) is 0.201. The highest BCUT2D eigenvalue weighted by atomic mass is 19.1. The van der Waals surface area contributed by atoms with Gasteiger partial charge < -0.3 is 21.7 Å². The Labute approximate surface area is 275 Å². The van der Waals surface area contributed by atoms with Crippen molar-refractivity contribution in [3.05, 3.63) is 111 Å². The van der Waals surface area contributed by atoms with E-state index in [0.29, 0.717) is 55.0 Å². The average Bonchev–Trinajstić information content (AvgIpc) is 3.46. The first-order chi connectivity index (χ1) is 23.2. The van der Waals surface area contributed by atoms with E-state index in [0.717, 1.165) is 34.2 Å². The number of tetrazole rings is 1. The predicted octanol–water partition coefficient (Wildman–Crippen LogP) is 2.07. The molecule has 48 heavy (non-hydrogen) atoms. The van der Waals surface area contributed by atoms with Crippen LogP contribution in [0.5, 0.6) is 0 Å². The van der Waals surface area contributed by atoms with Crippen LogP contribution in [0.4, 0.5) is 4.39 Å². The number of H-pyrrole nitrogens is 1. The Morgan fingerprint density at radius 2 is 1.65 bits per heavy atom. The van der Waals surface area contributed by atoms with E-state index in [1.54, 1.807) is 41.3 Å². The van der Waals surface area contributed by atoms with E-state index in [2.05, 4.69) is 32.0 Å². The zero-order valence-electron chi connectivity index (χ0n) is 26.0. The number of nitrogens with two attached hydrogens (primary N) is 2. The van der Waals surface area contributed by atoms with Gasteiger partial charge in [-0.2, -0.15) is 5.26 Å². The van der Waals surface area contributed by atoms with Gasteiger partial charge in [0.15, 0.2) is 5.82 Å². The van der Waals surface area contributed by atoms with E-state index >= 15 is 0 Å². The number of primary amides is 2. The molecule has 244 valence electrons. The van der Waals surface area contributed by atoms with Crippen LogP contribution < -0.4 is 16.8 Å². The molecular formula is C35H34FN9O3. The van der Waals surface area contributed by atoms with Crippen LogP contribution in [0.1, 0.15) is 73.6 Å². The van der Waals surface area contributed by atoms with Gasteiger partial charge in [-0.3, -0.25) is 14.4 Å². The van der Waals surface area contributed by atoms with Crippen molar-refractivity contribution in [2.75, 3.05) is 6.54 Å². The summed E-state index contributed by atoms with van der Waals surface area (Å²) < 4.78 is 14.0. The number of fused-ring (bicyclic) bond motifs is 3. The lowest BCUT2D eigenvalue weighted by atomic mass is 9.67. The summed E-state index contributed by atoms with van der Waals surface area (Å²) in [6.07, 6.45) is 3.38. The molecule has 3 amide bonds. The number of carbonyl (C=O) groups excluding carboxylic acids is 3. The summed E-state index contributed by atoms with van der Waals surface area (Å²) in [6.45, 7) is -0.0149. The number of aryl methyl sites for hydroxylation is 2. The third kappa shape index (κ3) is 5.58. The minimum absolute atomic E-state index is 0.0149. The fraction of sp³-hybridized carbons (Fsp3) is 0.343. The lowest BCUT2D eigenvalue weighted by Crippen LogP contribution is -2.48. The first-order valence-electron chi connectivity index (χ1n) is 16.0. The standard InChI is InChI=1S/C35H34FN9O3/c36-25-7-1-19(2-8-25)11-26(40-18-31(46)45-27(17-37)14-24-15-30(24)45)16-35(34-41-43-44-42-34)28-9-5-22(32(38)47)12-20(28)3-4-21-13-23(33(39)48)6-10-29(21)35/h1-2,5-10,12-13,24,26-27,30,40H,3-4,11,14-16,18H2,(H2,38,47)(H2,39,48)(H,41,42,43,44)/t24-,26-,27?,30+/m1/s1. The second-order valence-corrected chi connectivity index (χ2v) is 13.0. The van der Waals surface area contributed by atoms with Gasteiger partial charge in [-0.15, -0.1) is 5.10 Å². The number of amides is 3. The Kier molecular flexibility index (Phi) is 7.96. The lowest BCUT2D eigenvalue weighted by Gasteiger charge is -2.38. The minimum atomic E-state index is -1.07. The number of piperidine rings is 1. The molecule has 7 rings (SSSR count). The Balaban J connectivity index is 1.35. The van der Waals surface area contributed by atoms with Crippen LogP contribution in [0.3, 0.4) is 0 Å². The van der Waals surface area contributed by atoms with Crippen LogP contribution >= 0.6 is 0 Å². The number of nitriles is 1. The molecule has 12 nitrogen and oxygen atoms in total. The fourth-order valence-electron chi connectivity index (χ4n) is 7.81. The number of aromatic nitrogens is 4. The molecule has 0 spiro atoms. The molecule has 2 fully saturated rings. The monoisotopic (exact) mass is 647 g/mol. The van der Waals surface area contributed by atoms with Gasteiger partial charge in [-0.25, -0.2) is 9.49 Å². The second kappa shape index (κ2) is 12.3. The molecular weight excluding hydrogens is 613 g/mol. The predicted molar refractivity (Wildman–Crippen MR) is 171 cm³/mol. The molecule has 13 heteroatoms. The second-order valence-electron chi connectivity index (χ2n) is 13.0. The molecule has 3 aliphatic rings. The molecule has 6 N–H and O–H groups in total. The van der Waals surface area contributed by atoms with Crippen LogP contribution in [0.15, 0.2) is 60.7 Å². The molecule has 0 radical (unpaired) electrons. The Morgan fingerprint density at radius 1 is 1.00 bits per heavy atom. The maximum atomic E-state index is 14.0. The van der Waals surface area contributed by atoms with Crippen LogP contribution in [-0.2, 0) is 29.5 Å². The highest BCUT2D eigenvalue weighted by molar-refractivity contribution is 5.94. The summed E-state index contributed by atoms with van der Waals surface area (Å²) in [6, 6.07) is 18.4. The highest BCUT2D eigenvalue weighted by Gasteiger charge is 2.54. The largest absolute Gasteiger partial charge is 0.366 e. The van der Waals surface area contributed by atoms with Crippen LogP contribution in [-0.4, -0.2) is 67.9 Å². The molecule has 1 saturated heterocycles. The van der Waals surface area contributed by atoms with Gasteiger partial charge in [0.25, 0.3) is 0 Å². The lowest BCUT2D eigenvalue weighted by molar-refractivity contribution is -0.131. The van der Waals surface area contributed by atoms with E-state index in [4.69, 9.17) is 11.5 Å². The number of hydrogen-bond acceptors (Lipinski definition) is 8. The summed E-state index contributed by atoms with van der Waals surface area (Å²) in [7, 11) is 0. The first-order valence-corrected chi connectivity index (χ1v) is 16.0. The van der Waals surface area contributed by atoms with Crippen molar-refractivity contribution >= 4 is 17.7 Å². The summed E-state index contributed by atoms with van der Waals surface area (Å²) >= 11 is 0. The minimum Gasteiger partial charge on any atom is -0.366 e. The summed E-state index contributed by atoms with van der Waals surface area (Å²) in [5.74, 6) is -0.830. The zero-order valence-corrected chi connectivity index (χ0v) is 26.0. The van der Waals surface area contributed by atoms with E-state index in [1.165, 1.54) is 12.1 Å². The van der Waals surface area contributed by atoms with Gasteiger partial charge in [0, 0.05) is 23.2 Å². The Morgan fingerprint density at radius 3 is 2.21 bits per heavy atom. The summed E-state index contributed by atoms with van der Waals surface area (Å²) in [5.41, 5.74) is 15.2. The summed E-state index contributed by atoms with van der Waals surface area (Å²) in [4.78, 5) is 39.9. The third-order valence-corrected chi connectivity index (χ3v) is 10.1. The molecule has 1 unspecified atom stereocenters. The van der Waals surface area contributed by atoms with E-state index in [-0.39, 0.29) is 24.3 Å². The smallest absolute Gasteiger partial charge is 0.248 e. The van der Waals surface area contributed by atoms with Crippen molar-refractivity contribution < 1.29 is 18.8 Å². The first kappa shape index (κ1) is 31.1. The molecule has 1 aliphatic heterocycles. The van der Waals surface area contributed by atoms with Gasteiger partial charge in [-0.05, 0) is 119 Å². The van der Waals surface area contributed by atoms with Crippen LogP contribution in [0.25, 0.3) is 0 Å². The highest BCUT2D eigenvalue weighted by Crippen LogP contribution is 2.48. The molecule has 2 aliphatic carbocycles. The van der Waals surface area contributed by atoms with Gasteiger partial charge in [0.05, 0.1) is 18.0 Å². The molecule has 1 saturated carbocycles. The molecule has 4 atom stereocenters. The average molecular weight is 648 g/mol. The SMILES string of the molecule is N#CC1C[C@@H]2C[C@@H]2N1C(=O)CN[C@H](Cc1ccc(F)cc1)CC1(c2nnn[nH]2)c2ccc(C(N)=O)cc2CCc2cc(C(N)=O)ccc21. The third-order valence-electron chi connectivity index (χ3n) is 10.1. The van der Waals surface area contributed by atoms with Crippen molar-refractivity contribution in [3.8, 4) is 6.07 Å². The van der Waals surface area contributed by atoms with Gasteiger partial charge in [-0.1, -0.05) is 24.3 Å². The molecule has 2 heterocycles. The normalized spacial score (nSPS) is 20.8. The number of aromatic amines is 1. The topological polar surface area (TPSA) is 197 Å². The Bertz CT molecular complexity index is 1870. The number of benzene rings is 3. The van der Waals surface area contributed by atoms with Gasteiger partial charge in [0.2, 0.25) is 17.7 Å². The van der Waals surface area contributed by atoms with Crippen molar-refractivity contribution in [1.82, 2.24) is 30.8 Å². The Hall–Kier alpha value is -5.48. The van der Waals surface area contributed by atoms with Crippen molar-refractivity contribution in [3.63, 3.8) is 0 Å². The zero-order chi connectivity index (χ0) is 33.6. The number of hydrogen-bond donors (Lipinski definition) is 4. The molecule has 4 aromatic rings. The maximum absolute atomic E-state index is 14.0. The van der Waals surface area contributed by atoms with Crippen molar-refractivity contribution in [1.29, 1.82) is 5.26 Å². The molecule has 3 aromatic carbocycles. The number of rotatable bonds is 10. The number of nitrogens with one attached hydrogen (secondary N) is 2. The maximum Gasteiger partial charge on any atom is 0.248 e. The number of likely N-dealkylation sites (tertiary alicyclic amines) is 1. The van der Waals surface area contributed by atoms with Crippen LogP contribution in [0.2, 0.25) is 0 Å². The van der Waals surface area contributed by atoms with Gasteiger partial charge >= 0.3 is 0 Å². The van der Waals surface area contributed by atoms with Crippen molar-refractivity contribution in [2.24, 2.45) is 17.4 Å². The number of carbonyl (C=O) groups is 3. The fourth-order valence-corrected chi connectivity index (χ4v) is 7.81. The van der Waals surface area contributed by atoms with E-state index < -0.39 is 29.3 Å². The number of nitrogens with zero attached hydrogens (tertiary/aromatic N) is 5. The van der Waals surface area contributed by atoms with Gasteiger partial charge in [0.1, 0.15) is 11.9 Å². The molecule has 0 bridgehead atoms. The molecule has 1 aromatic heterocycles. The van der Waals surface area contributed by atoms with E-state index in [9.17, 15) is 24.0 Å². The van der Waals surface area contributed by atoms with Crippen molar-refractivity contribution in [2.45, 2.75) is 62.1 Å². The number of halogens is 1.